The van der Waals surface area contributed by atoms with Gasteiger partial charge in [0.05, 0.1) is 5.02 Å². The Labute approximate surface area is 81.9 Å². The second-order valence-electron chi connectivity index (χ2n) is 2.59. The number of aliphatic hydroxyl groups is 1. The van der Waals surface area contributed by atoms with Crippen molar-refractivity contribution in [3.8, 4) is 0 Å². The van der Waals surface area contributed by atoms with Gasteiger partial charge in [-0.3, -0.25) is 0 Å². The van der Waals surface area contributed by atoms with Gasteiger partial charge in [-0.05, 0) is 6.07 Å². The van der Waals surface area contributed by atoms with E-state index >= 15 is 0 Å². The Morgan fingerprint density at radius 2 is 1.86 bits per heavy atom. The zero-order chi connectivity index (χ0) is 10.9. The Hall–Kier alpha value is -0.810. The van der Waals surface area contributed by atoms with E-state index in [1.54, 1.807) is 0 Å². The van der Waals surface area contributed by atoms with Crippen molar-refractivity contribution in [3.05, 3.63) is 34.6 Å². The van der Waals surface area contributed by atoms with Crippen LogP contribution in [0.15, 0.2) is 18.2 Å². The minimum atomic E-state index is -4.85. The zero-order valence-corrected chi connectivity index (χ0v) is 7.40. The van der Waals surface area contributed by atoms with Crippen molar-refractivity contribution in [1.82, 2.24) is 0 Å². The average molecular weight is 229 g/mol. The maximum Gasteiger partial charge on any atom is 0.418 e. The fourth-order valence-electron chi connectivity index (χ4n) is 0.908. The Balaban J connectivity index is 3.14. The van der Waals surface area contributed by atoms with Crippen molar-refractivity contribution in [1.29, 1.82) is 0 Å². The third kappa shape index (κ3) is 2.16. The third-order valence-electron chi connectivity index (χ3n) is 1.59. The lowest BCUT2D eigenvalue weighted by Gasteiger charge is -2.15. The highest BCUT2D eigenvalue weighted by Gasteiger charge is 2.40. The standard InChI is InChI=1S/C8H5ClF4O/c9-6-4(2-1-3-5(6)10)7(14)8(11,12)13/h1-3,7,14H/t7-/m1/s1. The SMILES string of the molecule is O[C@H](c1cccc(F)c1Cl)C(F)(F)F. The van der Waals surface area contributed by atoms with Crippen LogP contribution in [0.1, 0.15) is 11.7 Å². The summed E-state index contributed by atoms with van der Waals surface area (Å²) in [6, 6.07) is 2.88. The molecule has 0 bridgehead atoms. The van der Waals surface area contributed by atoms with Gasteiger partial charge in [-0.2, -0.15) is 13.2 Å². The summed E-state index contributed by atoms with van der Waals surface area (Å²) < 4.78 is 48.8. The molecule has 0 aliphatic heterocycles. The lowest BCUT2D eigenvalue weighted by Crippen LogP contribution is -2.20. The molecule has 1 atom stereocenters. The molecule has 0 spiro atoms. The molecule has 78 valence electrons. The summed E-state index contributed by atoms with van der Waals surface area (Å²) in [5.74, 6) is -0.993. The van der Waals surface area contributed by atoms with Gasteiger partial charge in [0.25, 0.3) is 0 Å². The van der Waals surface area contributed by atoms with Crippen LogP contribution in [0.2, 0.25) is 5.02 Å². The highest BCUT2D eigenvalue weighted by molar-refractivity contribution is 6.31. The van der Waals surface area contributed by atoms with Crippen LogP contribution in [0.5, 0.6) is 0 Å². The molecule has 0 amide bonds. The van der Waals surface area contributed by atoms with Crippen molar-refractivity contribution in [2.75, 3.05) is 0 Å². The molecule has 0 saturated carbocycles. The fourth-order valence-corrected chi connectivity index (χ4v) is 1.14. The number of alkyl halides is 3. The molecule has 0 aliphatic rings. The Morgan fingerprint density at radius 3 is 2.36 bits per heavy atom. The number of hydrogen-bond acceptors (Lipinski definition) is 1. The van der Waals surface area contributed by atoms with Crippen molar-refractivity contribution >= 4 is 11.6 Å². The average Bonchev–Trinajstić information content (AvgIpc) is 2.07. The molecule has 0 aliphatic carbocycles. The summed E-state index contributed by atoms with van der Waals surface area (Å²) in [5, 5.41) is 8.08. The number of halogens is 5. The zero-order valence-electron chi connectivity index (χ0n) is 6.65. The van der Waals surface area contributed by atoms with Crippen LogP contribution in [0.4, 0.5) is 17.6 Å². The van der Waals surface area contributed by atoms with Crippen molar-refractivity contribution in [2.24, 2.45) is 0 Å². The Morgan fingerprint density at radius 1 is 1.29 bits per heavy atom. The molecule has 1 N–H and O–H groups in total. The first kappa shape index (κ1) is 11.3. The molecule has 0 unspecified atom stereocenters. The molecule has 0 fully saturated rings. The lowest BCUT2D eigenvalue weighted by molar-refractivity contribution is -0.206. The summed E-state index contributed by atoms with van der Waals surface area (Å²) in [6.07, 6.45) is -7.61. The van der Waals surface area contributed by atoms with Crippen molar-refractivity contribution in [3.63, 3.8) is 0 Å². The lowest BCUT2D eigenvalue weighted by atomic mass is 10.1. The van der Waals surface area contributed by atoms with Crippen LogP contribution < -0.4 is 0 Å². The molecule has 14 heavy (non-hydrogen) atoms. The minimum Gasteiger partial charge on any atom is -0.379 e. The molecular weight excluding hydrogens is 224 g/mol. The van der Waals surface area contributed by atoms with Gasteiger partial charge in [-0.25, -0.2) is 4.39 Å². The highest BCUT2D eigenvalue weighted by atomic mass is 35.5. The molecule has 6 heteroatoms. The van der Waals surface area contributed by atoms with E-state index in [1.807, 2.05) is 0 Å². The number of rotatable bonds is 1. The van der Waals surface area contributed by atoms with Crippen molar-refractivity contribution in [2.45, 2.75) is 12.3 Å². The number of aliphatic hydroxyl groups excluding tert-OH is 1. The maximum absolute atomic E-state index is 12.7. The van der Waals surface area contributed by atoms with Gasteiger partial charge in [0.2, 0.25) is 0 Å². The van der Waals surface area contributed by atoms with E-state index < -0.39 is 28.7 Å². The molecule has 1 aromatic carbocycles. The van der Waals surface area contributed by atoms with Gasteiger partial charge in [-0.1, -0.05) is 23.7 Å². The normalized spacial score (nSPS) is 14.1. The topological polar surface area (TPSA) is 20.2 Å². The van der Waals surface area contributed by atoms with E-state index in [9.17, 15) is 17.6 Å². The van der Waals surface area contributed by atoms with Gasteiger partial charge in [0, 0.05) is 5.56 Å². The van der Waals surface area contributed by atoms with Gasteiger partial charge in [0.15, 0.2) is 6.10 Å². The van der Waals surface area contributed by atoms with Gasteiger partial charge in [0.1, 0.15) is 5.82 Å². The van der Waals surface area contributed by atoms with Gasteiger partial charge in [-0.15, -0.1) is 0 Å². The molecule has 0 saturated heterocycles. The molecule has 0 heterocycles. The second kappa shape index (κ2) is 3.74. The summed E-state index contributed by atoms with van der Waals surface area (Å²) in [5.41, 5.74) is -0.681. The predicted molar refractivity (Wildman–Crippen MR) is 42.4 cm³/mol. The van der Waals surface area contributed by atoms with E-state index in [0.717, 1.165) is 18.2 Å². The summed E-state index contributed by atoms with van der Waals surface area (Å²) >= 11 is 5.26. The molecule has 0 aromatic heterocycles. The summed E-state index contributed by atoms with van der Waals surface area (Å²) in [4.78, 5) is 0. The quantitative estimate of drug-likeness (QED) is 0.733. The first-order valence-electron chi connectivity index (χ1n) is 3.52. The molecular formula is C8H5ClF4O. The van der Waals surface area contributed by atoms with E-state index in [4.69, 9.17) is 16.7 Å². The Kier molecular flexibility index (Phi) is 3.01. The fraction of sp³-hybridized carbons (Fsp3) is 0.250. The van der Waals surface area contributed by atoms with Gasteiger partial charge < -0.3 is 5.11 Å². The summed E-state index contributed by atoms with van der Waals surface area (Å²) in [7, 11) is 0. The number of benzene rings is 1. The van der Waals surface area contributed by atoms with Gasteiger partial charge >= 0.3 is 6.18 Å². The first-order chi connectivity index (χ1) is 6.34. The highest BCUT2D eigenvalue weighted by Crippen LogP contribution is 2.36. The van der Waals surface area contributed by atoms with Crippen LogP contribution in [-0.4, -0.2) is 11.3 Å². The Bertz CT molecular complexity index is 337. The van der Waals surface area contributed by atoms with Crippen LogP contribution >= 0.6 is 11.6 Å². The number of hydrogen-bond donors (Lipinski definition) is 1. The molecule has 1 rings (SSSR count). The molecule has 0 radical (unpaired) electrons. The summed E-state index contributed by atoms with van der Waals surface area (Å²) in [6.45, 7) is 0. The molecule has 1 nitrogen and oxygen atoms in total. The first-order valence-corrected chi connectivity index (χ1v) is 3.90. The largest absolute Gasteiger partial charge is 0.418 e. The minimum absolute atomic E-state index is 0.681. The second-order valence-corrected chi connectivity index (χ2v) is 2.97. The predicted octanol–water partition coefficient (Wildman–Crippen LogP) is 3.07. The van der Waals surface area contributed by atoms with E-state index in [1.165, 1.54) is 0 Å². The molecule has 1 aromatic rings. The van der Waals surface area contributed by atoms with Crippen LogP contribution in [-0.2, 0) is 0 Å². The van der Waals surface area contributed by atoms with Crippen molar-refractivity contribution < 1.29 is 22.7 Å². The monoisotopic (exact) mass is 228 g/mol. The van der Waals surface area contributed by atoms with Crippen LogP contribution in [0.3, 0.4) is 0 Å². The van der Waals surface area contributed by atoms with Crippen LogP contribution in [0, 0.1) is 5.82 Å². The van der Waals surface area contributed by atoms with E-state index in [0.29, 0.717) is 0 Å². The maximum atomic E-state index is 12.7. The third-order valence-corrected chi connectivity index (χ3v) is 1.98. The van der Waals surface area contributed by atoms with Crippen LogP contribution in [0.25, 0.3) is 0 Å². The smallest absolute Gasteiger partial charge is 0.379 e. The van der Waals surface area contributed by atoms with E-state index in [-0.39, 0.29) is 0 Å². The van der Waals surface area contributed by atoms with E-state index in [2.05, 4.69) is 0 Å².